The van der Waals surface area contributed by atoms with E-state index in [2.05, 4.69) is 26.6 Å². The maximum Gasteiger partial charge on any atom is 0.175 e. The van der Waals surface area contributed by atoms with Crippen LogP contribution in [0.2, 0.25) is 5.02 Å². The average molecular weight is 545 g/mol. The van der Waals surface area contributed by atoms with Gasteiger partial charge in [0.15, 0.2) is 11.5 Å². The molecule has 170 valence electrons. The summed E-state index contributed by atoms with van der Waals surface area (Å²) in [4.78, 5) is 0. The van der Waals surface area contributed by atoms with Crippen LogP contribution in [0, 0.1) is 0 Å². The van der Waals surface area contributed by atoms with Crippen LogP contribution in [0.3, 0.4) is 0 Å². The van der Waals surface area contributed by atoms with Crippen LogP contribution in [0.1, 0.15) is 24.5 Å². The lowest BCUT2D eigenvalue weighted by atomic mass is 10.2. The third kappa shape index (κ3) is 10.1. The van der Waals surface area contributed by atoms with Gasteiger partial charge >= 0.3 is 0 Å². The number of aliphatic hydroxyl groups excluding tert-OH is 1. The highest BCUT2D eigenvalue weighted by atomic mass is 79.9. The molecule has 2 aromatic rings. The van der Waals surface area contributed by atoms with E-state index >= 15 is 0 Å². The van der Waals surface area contributed by atoms with Crippen molar-refractivity contribution in [3.05, 3.63) is 57.0 Å². The number of hydrogen-bond donors (Lipinski definition) is 3. The number of aliphatic hydroxyl groups is 1. The summed E-state index contributed by atoms with van der Waals surface area (Å²) < 4.78 is 12.7. The molecule has 3 N–H and O–H groups in total. The molecule has 0 unspecified atom stereocenters. The first kappa shape index (κ1) is 29.3. The molecule has 0 amide bonds. The van der Waals surface area contributed by atoms with E-state index in [-0.39, 0.29) is 31.4 Å². The Kier molecular flexibility index (Phi) is 16.5. The second-order valence-electron chi connectivity index (χ2n) is 6.22. The van der Waals surface area contributed by atoms with Crippen molar-refractivity contribution in [3.63, 3.8) is 0 Å². The highest BCUT2D eigenvalue weighted by Crippen LogP contribution is 2.37. The molecule has 0 spiro atoms. The molecule has 5 nitrogen and oxygen atoms in total. The van der Waals surface area contributed by atoms with Gasteiger partial charge in [0.2, 0.25) is 0 Å². The van der Waals surface area contributed by atoms with Gasteiger partial charge in [-0.25, -0.2) is 0 Å². The third-order valence-corrected chi connectivity index (χ3v) is 4.98. The Labute approximate surface area is 204 Å². The monoisotopic (exact) mass is 542 g/mol. The summed E-state index contributed by atoms with van der Waals surface area (Å²) in [7, 11) is 0. The summed E-state index contributed by atoms with van der Waals surface area (Å²) in [5, 5.41) is 16.0. The molecule has 30 heavy (non-hydrogen) atoms. The minimum absolute atomic E-state index is 0. The van der Waals surface area contributed by atoms with Crippen molar-refractivity contribution < 1.29 is 14.6 Å². The highest BCUT2D eigenvalue weighted by molar-refractivity contribution is 9.10. The second-order valence-corrected chi connectivity index (χ2v) is 7.48. The Bertz CT molecular complexity index is 739. The van der Waals surface area contributed by atoms with Gasteiger partial charge in [0, 0.05) is 23.7 Å². The van der Waals surface area contributed by atoms with Crippen LogP contribution in [-0.2, 0) is 13.2 Å². The summed E-state index contributed by atoms with van der Waals surface area (Å²) in [5.74, 6) is 1.39. The fraction of sp³-hybridized carbons (Fsp3) is 0.429. The molecule has 0 fully saturated rings. The molecule has 0 radical (unpaired) electrons. The van der Waals surface area contributed by atoms with Crippen LogP contribution >= 0.6 is 52.3 Å². The molecule has 9 heteroatoms. The van der Waals surface area contributed by atoms with Gasteiger partial charge < -0.3 is 25.2 Å². The average Bonchev–Trinajstić information content (AvgIpc) is 2.68. The summed E-state index contributed by atoms with van der Waals surface area (Å²) >= 11 is 9.83. The Morgan fingerprint density at radius 1 is 1.03 bits per heavy atom. The van der Waals surface area contributed by atoms with E-state index in [1.807, 2.05) is 43.3 Å². The Hall–Kier alpha value is -0.730. The number of nitrogens with one attached hydrogen (secondary N) is 2. The van der Waals surface area contributed by atoms with Crippen LogP contribution < -0.4 is 20.1 Å². The zero-order valence-electron chi connectivity index (χ0n) is 17.0. The zero-order valence-corrected chi connectivity index (χ0v) is 20.9. The molecule has 2 rings (SSSR count). The zero-order chi connectivity index (χ0) is 20.2. The maximum absolute atomic E-state index is 8.74. The number of benzene rings is 2. The Morgan fingerprint density at radius 3 is 2.47 bits per heavy atom. The van der Waals surface area contributed by atoms with Gasteiger partial charge in [-0.2, -0.15) is 0 Å². The van der Waals surface area contributed by atoms with Crippen molar-refractivity contribution in [1.29, 1.82) is 0 Å². The third-order valence-electron chi connectivity index (χ3n) is 4.02. The smallest absolute Gasteiger partial charge is 0.175 e. The largest absolute Gasteiger partial charge is 0.490 e. The molecule has 0 aliphatic heterocycles. The molecule has 0 bridgehead atoms. The second kappa shape index (κ2) is 16.9. The predicted molar refractivity (Wildman–Crippen MR) is 132 cm³/mol. The van der Waals surface area contributed by atoms with E-state index in [1.54, 1.807) is 0 Å². The van der Waals surface area contributed by atoms with Crippen molar-refractivity contribution >= 4 is 52.3 Å². The van der Waals surface area contributed by atoms with Crippen LogP contribution in [0.15, 0.2) is 40.9 Å². The van der Waals surface area contributed by atoms with Crippen molar-refractivity contribution in [2.24, 2.45) is 0 Å². The first-order valence-electron chi connectivity index (χ1n) is 9.49. The Morgan fingerprint density at radius 2 is 1.77 bits per heavy atom. The molecule has 0 aliphatic rings. The molecule has 0 heterocycles. The van der Waals surface area contributed by atoms with Crippen LogP contribution in [0.4, 0.5) is 0 Å². The molecule has 0 aromatic heterocycles. The van der Waals surface area contributed by atoms with Crippen molar-refractivity contribution in [1.82, 2.24) is 10.6 Å². The van der Waals surface area contributed by atoms with Crippen LogP contribution in [0.5, 0.6) is 11.5 Å². The van der Waals surface area contributed by atoms with E-state index in [0.29, 0.717) is 36.3 Å². The highest BCUT2D eigenvalue weighted by Gasteiger charge is 2.13. The minimum Gasteiger partial charge on any atom is -0.490 e. The molecular weight excluding hydrogens is 515 g/mol. The summed E-state index contributed by atoms with van der Waals surface area (Å²) in [5.41, 5.74) is 2.04. The minimum atomic E-state index is 0. The first-order valence-corrected chi connectivity index (χ1v) is 10.7. The quantitative estimate of drug-likeness (QED) is 0.310. The SMILES string of the molecule is CCOc1cc(CNCCCNCCO)cc(Br)c1OCc1ccccc1Cl.Cl.Cl. The van der Waals surface area contributed by atoms with E-state index < -0.39 is 0 Å². The Balaban J connectivity index is 0.00000420. The van der Waals surface area contributed by atoms with Gasteiger partial charge in [0.25, 0.3) is 0 Å². The molecule has 0 saturated heterocycles. The van der Waals surface area contributed by atoms with E-state index in [1.165, 1.54) is 0 Å². The molecular formula is C21H30BrCl3N2O3. The van der Waals surface area contributed by atoms with Crippen LogP contribution in [0.25, 0.3) is 0 Å². The number of rotatable bonds is 13. The van der Waals surface area contributed by atoms with E-state index in [9.17, 15) is 0 Å². The van der Waals surface area contributed by atoms with Gasteiger partial charge in [0.1, 0.15) is 6.61 Å². The van der Waals surface area contributed by atoms with Gasteiger partial charge in [-0.15, -0.1) is 24.8 Å². The predicted octanol–water partition coefficient (Wildman–Crippen LogP) is 4.99. The lowest BCUT2D eigenvalue weighted by Crippen LogP contribution is -2.23. The summed E-state index contributed by atoms with van der Waals surface area (Å²) in [6.45, 7) is 6.21. The van der Waals surface area contributed by atoms with Gasteiger partial charge in [0.05, 0.1) is 17.7 Å². The van der Waals surface area contributed by atoms with Gasteiger partial charge in [-0.1, -0.05) is 29.8 Å². The summed E-state index contributed by atoms with van der Waals surface area (Å²) in [6, 6.07) is 11.7. The molecule has 0 aliphatic carbocycles. The van der Waals surface area contributed by atoms with Crippen molar-refractivity contribution in [3.8, 4) is 11.5 Å². The lowest BCUT2D eigenvalue weighted by molar-refractivity contribution is 0.267. The van der Waals surface area contributed by atoms with Crippen molar-refractivity contribution in [2.75, 3.05) is 32.8 Å². The van der Waals surface area contributed by atoms with Gasteiger partial charge in [-0.3, -0.25) is 0 Å². The van der Waals surface area contributed by atoms with Gasteiger partial charge in [-0.05, 0) is 66.1 Å². The van der Waals surface area contributed by atoms with Crippen molar-refractivity contribution in [2.45, 2.75) is 26.5 Å². The van der Waals surface area contributed by atoms with E-state index in [0.717, 1.165) is 41.7 Å². The lowest BCUT2D eigenvalue weighted by Gasteiger charge is -2.16. The molecule has 0 atom stereocenters. The fourth-order valence-electron chi connectivity index (χ4n) is 2.67. The standard InChI is InChI=1S/C21H28BrClN2O3.2ClH/c1-2-27-20-13-16(14-25-9-5-8-24-10-11-26)12-18(22)21(20)28-15-17-6-3-4-7-19(17)23;;/h3-4,6-7,12-13,24-26H,2,5,8-11,14-15H2,1H3;2*1H. The van der Waals surface area contributed by atoms with Crippen LogP contribution in [-0.4, -0.2) is 38.0 Å². The van der Waals surface area contributed by atoms with E-state index in [4.69, 9.17) is 26.2 Å². The fourth-order valence-corrected chi connectivity index (χ4v) is 3.46. The molecule has 2 aromatic carbocycles. The topological polar surface area (TPSA) is 62.8 Å². The number of hydrogen-bond acceptors (Lipinski definition) is 5. The number of halogens is 4. The molecule has 0 saturated carbocycles. The number of ether oxygens (including phenoxy) is 2. The maximum atomic E-state index is 8.74. The summed E-state index contributed by atoms with van der Waals surface area (Å²) in [6.07, 6.45) is 0.999. The normalized spacial score (nSPS) is 10.1. The first-order chi connectivity index (χ1) is 13.7.